The van der Waals surface area contributed by atoms with Gasteiger partial charge < -0.3 is 5.32 Å². The van der Waals surface area contributed by atoms with Crippen molar-refractivity contribution in [3.63, 3.8) is 0 Å². The van der Waals surface area contributed by atoms with Crippen molar-refractivity contribution in [1.29, 1.82) is 0 Å². The second-order valence-corrected chi connectivity index (χ2v) is 4.40. The third kappa shape index (κ3) is 4.05. The van der Waals surface area contributed by atoms with Crippen LogP contribution in [0.5, 0.6) is 0 Å². The van der Waals surface area contributed by atoms with Crippen molar-refractivity contribution in [3.05, 3.63) is 18.1 Å². The summed E-state index contributed by atoms with van der Waals surface area (Å²) in [6.45, 7) is 5.26. The minimum absolute atomic E-state index is 0.633. The molecular formula is C10H16BrN3. The SMILES string of the molecule is CC(C)Cc1cc(NCCBr)ncn1. The molecule has 4 heteroatoms. The molecular weight excluding hydrogens is 242 g/mol. The Balaban J connectivity index is 2.59. The fraction of sp³-hybridized carbons (Fsp3) is 0.600. The van der Waals surface area contributed by atoms with Gasteiger partial charge in [0.05, 0.1) is 0 Å². The van der Waals surface area contributed by atoms with E-state index in [0.29, 0.717) is 5.92 Å². The average Bonchev–Trinajstić information content (AvgIpc) is 2.14. The van der Waals surface area contributed by atoms with Gasteiger partial charge in [0, 0.05) is 23.6 Å². The molecule has 0 unspecified atom stereocenters. The zero-order valence-electron chi connectivity index (χ0n) is 8.63. The second kappa shape index (κ2) is 5.96. The monoisotopic (exact) mass is 257 g/mol. The molecule has 1 heterocycles. The third-order valence-corrected chi connectivity index (χ3v) is 2.14. The molecule has 1 aromatic heterocycles. The van der Waals surface area contributed by atoms with Gasteiger partial charge in [-0.2, -0.15) is 0 Å². The molecule has 0 aromatic carbocycles. The summed E-state index contributed by atoms with van der Waals surface area (Å²) in [6, 6.07) is 2.02. The molecule has 0 amide bonds. The lowest BCUT2D eigenvalue weighted by Crippen LogP contribution is -2.06. The van der Waals surface area contributed by atoms with Crippen LogP contribution in [-0.4, -0.2) is 21.8 Å². The second-order valence-electron chi connectivity index (χ2n) is 3.61. The Labute approximate surface area is 93.5 Å². The first kappa shape index (κ1) is 11.4. The zero-order valence-corrected chi connectivity index (χ0v) is 10.2. The van der Waals surface area contributed by atoms with Gasteiger partial charge in [-0.05, 0) is 12.3 Å². The average molecular weight is 258 g/mol. The highest BCUT2D eigenvalue weighted by Crippen LogP contribution is 2.08. The zero-order chi connectivity index (χ0) is 10.4. The topological polar surface area (TPSA) is 37.8 Å². The van der Waals surface area contributed by atoms with Gasteiger partial charge in [0.2, 0.25) is 0 Å². The molecule has 0 saturated heterocycles. The highest BCUT2D eigenvalue weighted by molar-refractivity contribution is 9.09. The van der Waals surface area contributed by atoms with E-state index in [9.17, 15) is 0 Å². The molecule has 1 N–H and O–H groups in total. The van der Waals surface area contributed by atoms with E-state index in [1.54, 1.807) is 6.33 Å². The number of anilines is 1. The summed E-state index contributed by atoms with van der Waals surface area (Å²) in [7, 11) is 0. The van der Waals surface area contributed by atoms with Crippen LogP contribution in [0.4, 0.5) is 5.82 Å². The van der Waals surface area contributed by atoms with Crippen LogP contribution in [-0.2, 0) is 6.42 Å². The maximum atomic E-state index is 4.22. The summed E-state index contributed by atoms with van der Waals surface area (Å²) >= 11 is 3.36. The minimum Gasteiger partial charge on any atom is -0.369 e. The number of alkyl halides is 1. The van der Waals surface area contributed by atoms with E-state index in [-0.39, 0.29) is 0 Å². The Morgan fingerprint density at radius 2 is 2.21 bits per heavy atom. The highest BCUT2D eigenvalue weighted by Gasteiger charge is 2.00. The summed E-state index contributed by atoms with van der Waals surface area (Å²) in [5.74, 6) is 1.55. The summed E-state index contributed by atoms with van der Waals surface area (Å²) in [5, 5.41) is 4.14. The summed E-state index contributed by atoms with van der Waals surface area (Å²) in [6.07, 6.45) is 2.62. The number of hydrogen-bond acceptors (Lipinski definition) is 3. The van der Waals surface area contributed by atoms with E-state index in [0.717, 1.165) is 29.8 Å². The highest BCUT2D eigenvalue weighted by atomic mass is 79.9. The maximum absolute atomic E-state index is 4.22. The van der Waals surface area contributed by atoms with E-state index in [4.69, 9.17) is 0 Å². The number of rotatable bonds is 5. The van der Waals surface area contributed by atoms with Crippen molar-refractivity contribution in [2.45, 2.75) is 20.3 Å². The molecule has 0 aliphatic rings. The standard InChI is InChI=1S/C10H16BrN3/c1-8(2)5-9-6-10(12-4-3-11)14-7-13-9/h6-8H,3-5H2,1-2H3,(H,12,13,14). The fourth-order valence-corrected chi connectivity index (χ4v) is 1.40. The molecule has 0 radical (unpaired) electrons. The van der Waals surface area contributed by atoms with E-state index in [2.05, 4.69) is 45.1 Å². The van der Waals surface area contributed by atoms with Crippen molar-refractivity contribution in [2.75, 3.05) is 17.2 Å². The van der Waals surface area contributed by atoms with Crippen molar-refractivity contribution in [2.24, 2.45) is 5.92 Å². The van der Waals surface area contributed by atoms with Gasteiger partial charge in [0.1, 0.15) is 12.1 Å². The summed E-state index contributed by atoms with van der Waals surface area (Å²) in [4.78, 5) is 8.37. The summed E-state index contributed by atoms with van der Waals surface area (Å²) < 4.78 is 0. The van der Waals surface area contributed by atoms with Crippen molar-refractivity contribution in [3.8, 4) is 0 Å². The molecule has 0 spiro atoms. The number of hydrogen-bond donors (Lipinski definition) is 1. The molecule has 0 fully saturated rings. The molecule has 0 bridgehead atoms. The Bertz CT molecular complexity index is 276. The Morgan fingerprint density at radius 1 is 1.43 bits per heavy atom. The number of halogens is 1. The van der Waals surface area contributed by atoms with Crippen molar-refractivity contribution >= 4 is 21.7 Å². The maximum Gasteiger partial charge on any atom is 0.129 e. The van der Waals surface area contributed by atoms with Crippen LogP contribution < -0.4 is 5.32 Å². The van der Waals surface area contributed by atoms with Gasteiger partial charge in [-0.1, -0.05) is 29.8 Å². The predicted octanol–water partition coefficient (Wildman–Crippen LogP) is 2.48. The molecule has 1 aromatic rings. The minimum atomic E-state index is 0.633. The lowest BCUT2D eigenvalue weighted by Gasteiger charge is -2.06. The molecule has 1 rings (SSSR count). The summed E-state index contributed by atoms with van der Waals surface area (Å²) in [5.41, 5.74) is 1.10. The van der Waals surface area contributed by atoms with E-state index >= 15 is 0 Å². The number of nitrogens with zero attached hydrogens (tertiary/aromatic N) is 2. The first-order valence-corrected chi connectivity index (χ1v) is 5.95. The molecule has 78 valence electrons. The molecule has 14 heavy (non-hydrogen) atoms. The normalized spacial score (nSPS) is 10.6. The molecule has 0 aliphatic heterocycles. The quantitative estimate of drug-likeness (QED) is 0.824. The van der Waals surface area contributed by atoms with E-state index in [1.807, 2.05) is 6.07 Å². The first-order chi connectivity index (χ1) is 6.72. The van der Waals surface area contributed by atoms with Crippen LogP contribution in [0.2, 0.25) is 0 Å². The van der Waals surface area contributed by atoms with Crippen LogP contribution in [0.1, 0.15) is 19.5 Å². The fourth-order valence-electron chi connectivity index (χ4n) is 1.20. The van der Waals surface area contributed by atoms with Crippen molar-refractivity contribution in [1.82, 2.24) is 9.97 Å². The van der Waals surface area contributed by atoms with Gasteiger partial charge in [-0.3, -0.25) is 0 Å². The lowest BCUT2D eigenvalue weighted by atomic mass is 10.1. The van der Waals surface area contributed by atoms with Gasteiger partial charge in [-0.15, -0.1) is 0 Å². The lowest BCUT2D eigenvalue weighted by molar-refractivity contribution is 0.634. The molecule has 0 atom stereocenters. The predicted molar refractivity (Wildman–Crippen MR) is 62.9 cm³/mol. The Kier molecular flexibility index (Phi) is 4.87. The van der Waals surface area contributed by atoms with Crippen LogP contribution in [0.25, 0.3) is 0 Å². The number of nitrogens with one attached hydrogen (secondary N) is 1. The van der Waals surface area contributed by atoms with Gasteiger partial charge in [0.25, 0.3) is 0 Å². The van der Waals surface area contributed by atoms with Gasteiger partial charge in [-0.25, -0.2) is 9.97 Å². The Morgan fingerprint density at radius 3 is 2.86 bits per heavy atom. The van der Waals surface area contributed by atoms with Crippen LogP contribution >= 0.6 is 15.9 Å². The van der Waals surface area contributed by atoms with Crippen LogP contribution in [0, 0.1) is 5.92 Å². The van der Waals surface area contributed by atoms with Gasteiger partial charge in [0.15, 0.2) is 0 Å². The Hall–Kier alpha value is -0.640. The van der Waals surface area contributed by atoms with Gasteiger partial charge >= 0.3 is 0 Å². The number of aromatic nitrogens is 2. The third-order valence-electron chi connectivity index (χ3n) is 1.74. The molecule has 0 aliphatic carbocycles. The largest absolute Gasteiger partial charge is 0.369 e. The van der Waals surface area contributed by atoms with Crippen molar-refractivity contribution < 1.29 is 0 Å². The van der Waals surface area contributed by atoms with Crippen LogP contribution in [0.15, 0.2) is 12.4 Å². The van der Waals surface area contributed by atoms with Crippen LogP contribution in [0.3, 0.4) is 0 Å². The van der Waals surface area contributed by atoms with E-state index < -0.39 is 0 Å². The first-order valence-electron chi connectivity index (χ1n) is 4.83. The smallest absolute Gasteiger partial charge is 0.129 e. The molecule has 0 saturated carbocycles. The molecule has 3 nitrogen and oxygen atoms in total. The van der Waals surface area contributed by atoms with E-state index in [1.165, 1.54) is 0 Å².